The maximum absolute atomic E-state index is 13.2. The summed E-state index contributed by atoms with van der Waals surface area (Å²) in [6.07, 6.45) is -4.63. The number of aliphatic imine (C=N–C) groups is 1. The smallest absolute Gasteiger partial charge is 0.357 e. The van der Waals surface area contributed by atoms with Gasteiger partial charge in [-0.25, -0.2) is 14.4 Å². The molecule has 150 valence electrons. The highest BCUT2D eigenvalue weighted by atomic mass is 127. The number of alkyl halides is 3. The number of hydrogen-bond donors (Lipinski definition) is 2. The largest absolute Gasteiger partial charge is 0.416 e. The maximum atomic E-state index is 13.2. The molecule has 10 heteroatoms. The normalized spacial score (nSPS) is 11.9. The van der Waals surface area contributed by atoms with Gasteiger partial charge in [0.05, 0.1) is 24.3 Å². The Balaban J connectivity index is 0.00000364. The molecule has 0 spiro atoms. The van der Waals surface area contributed by atoms with Gasteiger partial charge in [-0.1, -0.05) is 6.07 Å². The van der Waals surface area contributed by atoms with Crippen LogP contribution in [-0.2, 0) is 19.3 Å². The number of rotatable bonds is 5. The number of guanidine groups is 1. The number of nitrogens with zero attached hydrogens (tertiary/aromatic N) is 2. The van der Waals surface area contributed by atoms with Crippen molar-refractivity contribution in [1.29, 1.82) is 0 Å². The molecular formula is C17H21F4IN4S. The quantitative estimate of drug-likeness (QED) is 0.260. The van der Waals surface area contributed by atoms with Gasteiger partial charge in [0.25, 0.3) is 0 Å². The number of benzene rings is 1. The molecule has 0 bridgehead atoms. The summed E-state index contributed by atoms with van der Waals surface area (Å²) in [7, 11) is 0. The molecular weight excluding hydrogens is 495 g/mol. The van der Waals surface area contributed by atoms with E-state index in [1.54, 1.807) is 11.3 Å². The van der Waals surface area contributed by atoms with Crippen LogP contribution in [0, 0.1) is 19.7 Å². The molecule has 0 saturated heterocycles. The third kappa shape index (κ3) is 6.91. The Morgan fingerprint density at radius 1 is 1.22 bits per heavy atom. The number of aromatic nitrogens is 1. The van der Waals surface area contributed by atoms with E-state index >= 15 is 0 Å². The topological polar surface area (TPSA) is 49.3 Å². The van der Waals surface area contributed by atoms with E-state index in [0.717, 1.165) is 27.7 Å². The first-order chi connectivity index (χ1) is 12.2. The van der Waals surface area contributed by atoms with Crippen LogP contribution in [0.1, 0.15) is 33.6 Å². The highest BCUT2D eigenvalue weighted by molar-refractivity contribution is 14.0. The van der Waals surface area contributed by atoms with Crippen molar-refractivity contribution in [2.75, 3.05) is 6.54 Å². The first-order valence-electron chi connectivity index (χ1n) is 8.01. The molecule has 1 aromatic carbocycles. The summed E-state index contributed by atoms with van der Waals surface area (Å²) < 4.78 is 52.3. The minimum absolute atomic E-state index is 0. The monoisotopic (exact) mass is 516 g/mol. The van der Waals surface area contributed by atoms with Crippen molar-refractivity contribution in [2.24, 2.45) is 4.99 Å². The molecule has 0 saturated carbocycles. The van der Waals surface area contributed by atoms with Crippen molar-refractivity contribution >= 4 is 41.3 Å². The van der Waals surface area contributed by atoms with Crippen LogP contribution in [0.25, 0.3) is 0 Å². The lowest BCUT2D eigenvalue weighted by molar-refractivity contribution is -0.138. The summed E-state index contributed by atoms with van der Waals surface area (Å²) >= 11 is 1.55. The molecule has 1 heterocycles. The van der Waals surface area contributed by atoms with Crippen molar-refractivity contribution in [1.82, 2.24) is 15.6 Å². The first kappa shape index (κ1) is 23.6. The summed E-state index contributed by atoms with van der Waals surface area (Å²) in [5, 5.41) is 6.89. The van der Waals surface area contributed by atoms with Gasteiger partial charge in [-0.15, -0.1) is 35.3 Å². The van der Waals surface area contributed by atoms with Crippen molar-refractivity contribution in [3.8, 4) is 0 Å². The van der Waals surface area contributed by atoms with E-state index in [9.17, 15) is 17.6 Å². The highest BCUT2D eigenvalue weighted by Crippen LogP contribution is 2.32. The molecule has 0 aliphatic heterocycles. The zero-order valence-corrected chi connectivity index (χ0v) is 18.2. The number of hydrogen-bond acceptors (Lipinski definition) is 3. The lowest BCUT2D eigenvalue weighted by Gasteiger charge is -2.13. The number of aryl methyl sites for hydroxylation is 2. The van der Waals surface area contributed by atoms with E-state index in [-0.39, 0.29) is 36.1 Å². The van der Waals surface area contributed by atoms with E-state index in [0.29, 0.717) is 25.1 Å². The molecule has 27 heavy (non-hydrogen) atoms. The zero-order chi connectivity index (χ0) is 19.3. The van der Waals surface area contributed by atoms with Gasteiger partial charge in [-0.3, -0.25) is 0 Å². The molecule has 2 N–H and O–H groups in total. The molecule has 0 aliphatic carbocycles. The van der Waals surface area contributed by atoms with Gasteiger partial charge < -0.3 is 10.6 Å². The van der Waals surface area contributed by atoms with Crippen molar-refractivity contribution in [3.05, 3.63) is 50.7 Å². The van der Waals surface area contributed by atoms with E-state index in [2.05, 4.69) is 20.6 Å². The summed E-state index contributed by atoms with van der Waals surface area (Å²) in [5.41, 5.74) is -0.143. The zero-order valence-electron chi connectivity index (χ0n) is 15.1. The molecule has 0 aliphatic rings. The molecule has 0 radical (unpaired) electrons. The molecule has 0 amide bonds. The van der Waals surface area contributed by atoms with Crippen LogP contribution in [0.2, 0.25) is 0 Å². The Kier molecular flexibility index (Phi) is 8.92. The molecule has 4 nitrogen and oxygen atoms in total. The predicted molar refractivity (Wildman–Crippen MR) is 110 cm³/mol. The van der Waals surface area contributed by atoms with E-state index in [4.69, 9.17) is 0 Å². The van der Waals surface area contributed by atoms with E-state index < -0.39 is 17.6 Å². The molecule has 1 aromatic heterocycles. The fraction of sp³-hybridized carbons (Fsp3) is 0.412. The predicted octanol–water partition coefficient (Wildman–Crippen LogP) is 4.79. The summed E-state index contributed by atoms with van der Waals surface area (Å²) in [4.78, 5) is 9.70. The van der Waals surface area contributed by atoms with E-state index in [1.807, 2.05) is 20.8 Å². The maximum Gasteiger partial charge on any atom is 0.416 e. The van der Waals surface area contributed by atoms with Gasteiger partial charge in [0.1, 0.15) is 10.8 Å². The van der Waals surface area contributed by atoms with Crippen LogP contribution in [0.15, 0.2) is 23.2 Å². The number of nitrogens with one attached hydrogen (secondary N) is 2. The lowest BCUT2D eigenvalue weighted by atomic mass is 10.1. The average Bonchev–Trinajstić information content (AvgIpc) is 2.88. The Labute approximate surface area is 176 Å². The molecule has 2 rings (SSSR count). The second-order valence-electron chi connectivity index (χ2n) is 5.60. The van der Waals surface area contributed by atoms with Crippen LogP contribution in [0.4, 0.5) is 17.6 Å². The number of halogens is 5. The van der Waals surface area contributed by atoms with Crippen LogP contribution in [0.3, 0.4) is 0 Å². The SMILES string of the molecule is CCNC(=NCc1ccc(F)cc1C(F)(F)F)NCc1nc(C)c(C)s1.I. The van der Waals surface area contributed by atoms with Crippen molar-refractivity contribution < 1.29 is 17.6 Å². The average molecular weight is 516 g/mol. The van der Waals surface area contributed by atoms with Gasteiger partial charge in [-0.2, -0.15) is 13.2 Å². The first-order valence-corrected chi connectivity index (χ1v) is 8.83. The lowest BCUT2D eigenvalue weighted by Crippen LogP contribution is -2.36. The Morgan fingerprint density at radius 3 is 2.48 bits per heavy atom. The fourth-order valence-electron chi connectivity index (χ4n) is 2.23. The summed E-state index contributed by atoms with van der Waals surface area (Å²) in [5.74, 6) is -0.556. The fourth-order valence-corrected chi connectivity index (χ4v) is 3.10. The van der Waals surface area contributed by atoms with Crippen LogP contribution in [0.5, 0.6) is 0 Å². The van der Waals surface area contributed by atoms with Gasteiger partial charge in [0.15, 0.2) is 5.96 Å². The molecule has 0 atom stereocenters. The second kappa shape index (κ2) is 10.2. The van der Waals surface area contributed by atoms with Crippen molar-refractivity contribution in [2.45, 2.75) is 40.0 Å². The summed E-state index contributed by atoms with van der Waals surface area (Å²) in [6.45, 7) is 6.50. The van der Waals surface area contributed by atoms with Crippen LogP contribution < -0.4 is 10.6 Å². The third-order valence-corrected chi connectivity index (χ3v) is 4.68. The van der Waals surface area contributed by atoms with E-state index in [1.165, 1.54) is 0 Å². The van der Waals surface area contributed by atoms with Crippen LogP contribution in [-0.4, -0.2) is 17.5 Å². The second-order valence-corrected chi connectivity index (χ2v) is 6.88. The van der Waals surface area contributed by atoms with Crippen molar-refractivity contribution in [3.63, 3.8) is 0 Å². The number of thiazole rings is 1. The molecule has 2 aromatic rings. The minimum Gasteiger partial charge on any atom is -0.357 e. The van der Waals surface area contributed by atoms with Crippen LogP contribution >= 0.6 is 35.3 Å². The summed E-state index contributed by atoms with van der Waals surface area (Å²) in [6, 6.07) is 2.60. The molecule has 0 unspecified atom stereocenters. The Hall–Kier alpha value is -1.43. The van der Waals surface area contributed by atoms with Gasteiger partial charge >= 0.3 is 6.18 Å². The Bertz CT molecular complexity index is 770. The third-order valence-electron chi connectivity index (χ3n) is 3.61. The molecule has 0 fully saturated rings. The standard InChI is InChI=1S/C17H20F4N4S.HI/c1-4-22-16(24-9-15-25-10(2)11(3)26-15)23-8-12-5-6-13(18)7-14(12)17(19,20)21;/h5-7H,4,8-9H2,1-3H3,(H2,22,23,24);1H. The van der Waals surface area contributed by atoms with Gasteiger partial charge in [0, 0.05) is 11.4 Å². The Morgan fingerprint density at radius 2 is 1.93 bits per heavy atom. The van der Waals surface area contributed by atoms with Gasteiger partial charge in [0.2, 0.25) is 0 Å². The highest BCUT2D eigenvalue weighted by Gasteiger charge is 2.33. The van der Waals surface area contributed by atoms with Gasteiger partial charge in [-0.05, 0) is 38.5 Å². The minimum atomic E-state index is -4.63.